The molecule has 0 radical (unpaired) electrons. The summed E-state index contributed by atoms with van der Waals surface area (Å²) >= 11 is 0. The van der Waals surface area contributed by atoms with Gasteiger partial charge in [0, 0.05) is 17.7 Å². The Hall–Kier alpha value is -1.13. The summed E-state index contributed by atoms with van der Waals surface area (Å²) in [5.74, 6) is 0.237. The predicted octanol–water partition coefficient (Wildman–Crippen LogP) is 2.23. The van der Waals surface area contributed by atoms with Crippen molar-refractivity contribution < 1.29 is 13.9 Å². The van der Waals surface area contributed by atoms with E-state index in [1.807, 2.05) is 0 Å². The maximum Gasteiger partial charge on any atom is 0.132 e. The molecule has 0 bridgehead atoms. The minimum Gasteiger partial charge on any atom is -0.497 e. The van der Waals surface area contributed by atoms with Gasteiger partial charge in [0.1, 0.15) is 11.6 Å². The Labute approximate surface area is 101 Å². The minimum absolute atomic E-state index is 0.173. The lowest BCUT2D eigenvalue weighted by atomic mass is 10.2. The van der Waals surface area contributed by atoms with Gasteiger partial charge in [0.05, 0.1) is 19.8 Å². The van der Waals surface area contributed by atoms with E-state index in [1.54, 1.807) is 12.1 Å². The molecule has 1 aliphatic carbocycles. The molecule has 1 aromatic rings. The second-order valence-corrected chi connectivity index (χ2v) is 4.46. The minimum atomic E-state index is -0.286. The lowest BCUT2D eigenvalue weighted by Gasteiger charge is -2.12. The van der Waals surface area contributed by atoms with E-state index >= 15 is 0 Å². The third-order valence-electron chi connectivity index (χ3n) is 3.16. The van der Waals surface area contributed by atoms with Gasteiger partial charge >= 0.3 is 0 Å². The highest BCUT2D eigenvalue weighted by Crippen LogP contribution is 2.23. The van der Waals surface area contributed by atoms with Crippen molar-refractivity contribution in [3.05, 3.63) is 29.6 Å². The maximum atomic E-state index is 13.6. The fourth-order valence-corrected chi connectivity index (χ4v) is 2.10. The van der Waals surface area contributed by atoms with Gasteiger partial charge in [0.15, 0.2) is 0 Å². The summed E-state index contributed by atoms with van der Waals surface area (Å²) in [4.78, 5) is 0. The van der Waals surface area contributed by atoms with Gasteiger partial charge in [-0.15, -0.1) is 0 Å². The second kappa shape index (κ2) is 5.47. The van der Waals surface area contributed by atoms with Gasteiger partial charge in [-0.2, -0.15) is 0 Å². The van der Waals surface area contributed by atoms with Crippen molar-refractivity contribution in [3.8, 4) is 5.75 Å². The van der Waals surface area contributed by atoms with E-state index in [0.29, 0.717) is 17.9 Å². The van der Waals surface area contributed by atoms with Crippen LogP contribution < -0.4 is 10.5 Å². The summed E-state index contributed by atoms with van der Waals surface area (Å²) in [6.45, 7) is 0.299. The zero-order valence-electron chi connectivity index (χ0n) is 9.99. The molecule has 0 aromatic heterocycles. The molecule has 1 aliphatic rings. The standard InChI is InChI=1S/C13H18FNO2/c1-16-11-4-2-9(13(14)7-11)8-17-12-5-3-10(15)6-12/h2,4,7,10,12H,3,5-6,8,15H2,1H3. The normalized spacial score (nSPS) is 23.9. The molecule has 0 saturated heterocycles. The molecular weight excluding hydrogens is 221 g/mol. The first-order chi connectivity index (χ1) is 8.19. The lowest BCUT2D eigenvalue weighted by molar-refractivity contribution is 0.0432. The van der Waals surface area contributed by atoms with Crippen molar-refractivity contribution in [3.63, 3.8) is 0 Å². The number of hydrogen-bond donors (Lipinski definition) is 1. The van der Waals surface area contributed by atoms with Crippen molar-refractivity contribution >= 4 is 0 Å². The molecule has 3 nitrogen and oxygen atoms in total. The van der Waals surface area contributed by atoms with Crippen LogP contribution in [0.1, 0.15) is 24.8 Å². The van der Waals surface area contributed by atoms with Crippen LogP contribution in [0.4, 0.5) is 4.39 Å². The largest absolute Gasteiger partial charge is 0.497 e. The Morgan fingerprint density at radius 2 is 2.24 bits per heavy atom. The molecule has 2 atom stereocenters. The van der Waals surface area contributed by atoms with Crippen LogP contribution in [-0.2, 0) is 11.3 Å². The van der Waals surface area contributed by atoms with Crippen molar-refractivity contribution in [2.45, 2.75) is 38.0 Å². The Bertz CT molecular complexity index is 384. The second-order valence-electron chi connectivity index (χ2n) is 4.46. The Morgan fingerprint density at radius 3 is 2.82 bits per heavy atom. The van der Waals surface area contributed by atoms with E-state index in [4.69, 9.17) is 15.2 Å². The molecule has 0 aliphatic heterocycles. The zero-order chi connectivity index (χ0) is 12.3. The van der Waals surface area contributed by atoms with Crippen LogP contribution in [0, 0.1) is 5.82 Å². The third-order valence-corrected chi connectivity index (χ3v) is 3.16. The molecule has 2 unspecified atom stereocenters. The highest BCUT2D eigenvalue weighted by atomic mass is 19.1. The number of ether oxygens (including phenoxy) is 2. The molecule has 17 heavy (non-hydrogen) atoms. The van der Waals surface area contributed by atoms with Gasteiger partial charge in [-0.25, -0.2) is 4.39 Å². The van der Waals surface area contributed by atoms with Crippen molar-refractivity contribution in [2.24, 2.45) is 5.73 Å². The zero-order valence-corrected chi connectivity index (χ0v) is 9.99. The van der Waals surface area contributed by atoms with Gasteiger partial charge < -0.3 is 15.2 Å². The molecule has 94 valence electrons. The van der Waals surface area contributed by atoms with Crippen molar-refractivity contribution in [2.75, 3.05) is 7.11 Å². The summed E-state index contributed by atoms with van der Waals surface area (Å²) < 4.78 is 24.2. The summed E-state index contributed by atoms with van der Waals surface area (Å²) in [5.41, 5.74) is 6.35. The first-order valence-electron chi connectivity index (χ1n) is 5.88. The number of halogens is 1. The van der Waals surface area contributed by atoms with Crippen LogP contribution in [0.3, 0.4) is 0 Å². The van der Waals surface area contributed by atoms with E-state index in [-0.39, 0.29) is 18.0 Å². The molecule has 1 aromatic carbocycles. The molecule has 1 fully saturated rings. The first-order valence-corrected chi connectivity index (χ1v) is 5.88. The Kier molecular flexibility index (Phi) is 3.97. The highest BCUT2D eigenvalue weighted by molar-refractivity contribution is 5.28. The molecule has 2 N–H and O–H groups in total. The first kappa shape index (κ1) is 12.3. The van der Waals surface area contributed by atoms with Crippen LogP contribution in [0.15, 0.2) is 18.2 Å². The predicted molar refractivity (Wildman–Crippen MR) is 63.4 cm³/mol. The fourth-order valence-electron chi connectivity index (χ4n) is 2.10. The molecule has 0 heterocycles. The van der Waals surface area contributed by atoms with E-state index < -0.39 is 0 Å². The van der Waals surface area contributed by atoms with Gasteiger partial charge in [-0.1, -0.05) is 6.07 Å². The average Bonchev–Trinajstić information content (AvgIpc) is 2.73. The monoisotopic (exact) mass is 239 g/mol. The summed E-state index contributed by atoms with van der Waals surface area (Å²) in [6, 6.07) is 5.05. The molecule has 0 spiro atoms. The molecular formula is C13H18FNO2. The molecule has 0 amide bonds. The Balaban J connectivity index is 1.90. The highest BCUT2D eigenvalue weighted by Gasteiger charge is 2.22. The van der Waals surface area contributed by atoms with Gasteiger partial charge in [-0.3, -0.25) is 0 Å². The van der Waals surface area contributed by atoms with E-state index in [9.17, 15) is 4.39 Å². The number of methoxy groups -OCH3 is 1. The number of rotatable bonds is 4. The fraction of sp³-hybridized carbons (Fsp3) is 0.538. The van der Waals surface area contributed by atoms with Gasteiger partial charge in [-0.05, 0) is 25.3 Å². The summed E-state index contributed by atoms with van der Waals surface area (Å²) in [6.07, 6.45) is 3.01. The number of benzene rings is 1. The number of hydrogen-bond acceptors (Lipinski definition) is 3. The topological polar surface area (TPSA) is 44.5 Å². The Morgan fingerprint density at radius 1 is 1.41 bits per heavy atom. The van der Waals surface area contributed by atoms with Crippen molar-refractivity contribution in [1.29, 1.82) is 0 Å². The van der Waals surface area contributed by atoms with Crippen LogP contribution >= 0.6 is 0 Å². The SMILES string of the molecule is COc1ccc(COC2CCC(N)C2)c(F)c1. The molecule has 1 saturated carbocycles. The van der Waals surface area contributed by atoms with Gasteiger partial charge in [0.2, 0.25) is 0 Å². The van der Waals surface area contributed by atoms with Crippen LogP contribution in [-0.4, -0.2) is 19.3 Å². The van der Waals surface area contributed by atoms with Crippen LogP contribution in [0.5, 0.6) is 5.75 Å². The van der Waals surface area contributed by atoms with Crippen LogP contribution in [0.2, 0.25) is 0 Å². The van der Waals surface area contributed by atoms with Crippen molar-refractivity contribution in [1.82, 2.24) is 0 Å². The van der Waals surface area contributed by atoms with E-state index in [0.717, 1.165) is 19.3 Å². The molecule has 2 rings (SSSR count). The van der Waals surface area contributed by atoms with E-state index in [1.165, 1.54) is 13.2 Å². The third kappa shape index (κ3) is 3.17. The maximum absolute atomic E-state index is 13.6. The smallest absolute Gasteiger partial charge is 0.132 e. The molecule has 4 heteroatoms. The number of nitrogens with two attached hydrogens (primary N) is 1. The summed E-state index contributed by atoms with van der Waals surface area (Å²) in [7, 11) is 1.52. The quantitative estimate of drug-likeness (QED) is 0.876. The van der Waals surface area contributed by atoms with E-state index in [2.05, 4.69) is 0 Å². The lowest BCUT2D eigenvalue weighted by Crippen LogP contribution is -2.17. The summed E-state index contributed by atoms with van der Waals surface area (Å²) in [5, 5.41) is 0. The van der Waals surface area contributed by atoms with Gasteiger partial charge in [0.25, 0.3) is 0 Å². The average molecular weight is 239 g/mol. The van der Waals surface area contributed by atoms with Crippen LogP contribution in [0.25, 0.3) is 0 Å².